The molecule has 0 spiro atoms. The van der Waals surface area contributed by atoms with Gasteiger partial charge in [-0.1, -0.05) is 70.9 Å². The molecule has 8 nitrogen and oxygen atoms in total. The van der Waals surface area contributed by atoms with Crippen molar-refractivity contribution >= 4 is 0 Å². The Morgan fingerprint density at radius 2 is 1.89 bits per heavy atom. The number of tetrazole rings is 1. The molecule has 5 rings (SSSR count). The molecule has 1 saturated carbocycles. The van der Waals surface area contributed by atoms with Crippen LogP contribution in [0.25, 0.3) is 22.6 Å². The summed E-state index contributed by atoms with van der Waals surface area (Å²) in [6, 6.07) is 12.3. The lowest BCUT2D eigenvalue weighted by Gasteiger charge is -2.32. The molecule has 1 aromatic carbocycles. The van der Waals surface area contributed by atoms with Crippen LogP contribution in [0.2, 0.25) is 0 Å². The number of nitrogens with one attached hydrogen (secondary N) is 1. The third kappa shape index (κ3) is 5.15. The second-order valence-corrected chi connectivity index (χ2v) is 11.3. The van der Waals surface area contributed by atoms with Crippen LogP contribution < -0.4 is 5.69 Å². The highest BCUT2D eigenvalue weighted by molar-refractivity contribution is 5.78. The predicted octanol–water partition coefficient (Wildman–Crippen LogP) is 5.67. The number of aromatic amines is 1. The Labute approximate surface area is 218 Å². The van der Waals surface area contributed by atoms with Crippen LogP contribution in [0, 0.1) is 11.3 Å². The van der Waals surface area contributed by atoms with E-state index in [0.29, 0.717) is 18.3 Å². The van der Waals surface area contributed by atoms with Gasteiger partial charge in [0.2, 0.25) is 0 Å². The number of nitrogens with zero attached hydrogens (tertiary/aromatic N) is 6. The summed E-state index contributed by atoms with van der Waals surface area (Å²) in [5, 5.41) is 14.3. The Morgan fingerprint density at radius 1 is 1.08 bits per heavy atom. The Morgan fingerprint density at radius 3 is 2.57 bits per heavy atom. The Kier molecular flexibility index (Phi) is 7.09. The van der Waals surface area contributed by atoms with Crippen molar-refractivity contribution in [3.05, 3.63) is 70.5 Å². The minimum atomic E-state index is 0.111. The van der Waals surface area contributed by atoms with E-state index in [1.54, 1.807) is 0 Å². The normalized spacial score (nSPS) is 17.9. The van der Waals surface area contributed by atoms with Crippen molar-refractivity contribution in [2.75, 3.05) is 0 Å². The van der Waals surface area contributed by atoms with E-state index >= 15 is 0 Å². The van der Waals surface area contributed by atoms with E-state index in [9.17, 15) is 4.79 Å². The molecule has 1 aliphatic carbocycles. The van der Waals surface area contributed by atoms with Gasteiger partial charge in [-0.2, -0.15) is 0 Å². The number of unbranched alkanes of at least 4 members (excludes halogenated alkanes) is 1. The van der Waals surface area contributed by atoms with Gasteiger partial charge >= 0.3 is 5.69 Å². The Bertz CT molecular complexity index is 1380. The first-order chi connectivity index (χ1) is 17.9. The molecule has 1 fully saturated rings. The molecule has 4 aromatic rings. The molecule has 2 unspecified atom stereocenters. The molecule has 37 heavy (non-hydrogen) atoms. The number of rotatable bonds is 8. The van der Waals surface area contributed by atoms with Crippen molar-refractivity contribution in [3.63, 3.8) is 0 Å². The second kappa shape index (κ2) is 10.4. The average molecular weight is 500 g/mol. The fourth-order valence-corrected chi connectivity index (χ4v) is 5.84. The molecule has 3 aromatic heterocycles. The summed E-state index contributed by atoms with van der Waals surface area (Å²) in [5.74, 6) is 1.12. The minimum Gasteiger partial charge on any atom is -0.296 e. The van der Waals surface area contributed by atoms with Gasteiger partial charge in [0.05, 0.1) is 12.2 Å². The summed E-state index contributed by atoms with van der Waals surface area (Å²) in [6.07, 6.45) is 10.6. The smallest absolute Gasteiger partial charge is 0.296 e. The van der Waals surface area contributed by atoms with Crippen molar-refractivity contribution < 1.29 is 0 Å². The maximum Gasteiger partial charge on any atom is 0.328 e. The third-order valence-electron chi connectivity index (χ3n) is 7.79. The summed E-state index contributed by atoms with van der Waals surface area (Å²) < 4.78 is 4.02. The number of imidazole rings is 1. The van der Waals surface area contributed by atoms with Crippen LogP contribution in [0.3, 0.4) is 0 Å². The largest absolute Gasteiger partial charge is 0.328 e. The molecule has 0 bridgehead atoms. The first kappa shape index (κ1) is 25.1. The van der Waals surface area contributed by atoms with Crippen molar-refractivity contribution in [3.8, 4) is 22.6 Å². The molecule has 0 aliphatic heterocycles. The topological polar surface area (TPSA) is 94.3 Å². The number of aryl methyl sites for hydroxylation is 1. The van der Waals surface area contributed by atoms with Crippen LogP contribution in [-0.2, 0) is 13.0 Å². The molecular weight excluding hydrogens is 462 g/mol. The number of benzene rings is 1. The standard InChI is InChI=1S/C29H37N7O/c1-5-6-10-21-19-36(26-14-9-13-24(26)29(2,3)4)28(37)35(21)18-20-15-16-25(30-17-20)22-11-7-8-12-23(22)27-31-33-34-32-27/h7-8,11-12,15-17,19,24,26H,5-6,9-10,13-14,18H2,1-4H3,(H,31,32,33,34). The fourth-order valence-electron chi connectivity index (χ4n) is 5.84. The van der Waals surface area contributed by atoms with Gasteiger partial charge in [-0.3, -0.25) is 14.1 Å². The van der Waals surface area contributed by atoms with Gasteiger partial charge in [0.1, 0.15) is 0 Å². The zero-order valence-corrected chi connectivity index (χ0v) is 22.3. The van der Waals surface area contributed by atoms with Crippen LogP contribution >= 0.6 is 0 Å². The molecule has 1 aliphatic rings. The van der Waals surface area contributed by atoms with Gasteiger partial charge in [0, 0.05) is 35.3 Å². The lowest BCUT2D eigenvalue weighted by atomic mass is 9.77. The fraction of sp³-hybridized carbons (Fsp3) is 0.483. The molecule has 1 N–H and O–H groups in total. The first-order valence-electron chi connectivity index (χ1n) is 13.5. The maximum atomic E-state index is 13.8. The quantitative estimate of drug-likeness (QED) is 0.337. The summed E-state index contributed by atoms with van der Waals surface area (Å²) in [7, 11) is 0. The van der Waals surface area contributed by atoms with Gasteiger partial charge in [-0.25, -0.2) is 9.89 Å². The van der Waals surface area contributed by atoms with Gasteiger partial charge < -0.3 is 0 Å². The Balaban J connectivity index is 1.44. The number of H-pyrrole nitrogens is 1. The lowest BCUT2D eigenvalue weighted by Crippen LogP contribution is -2.33. The molecular formula is C29H37N7O. The van der Waals surface area contributed by atoms with Crippen LogP contribution in [0.4, 0.5) is 0 Å². The van der Waals surface area contributed by atoms with E-state index in [4.69, 9.17) is 4.98 Å². The van der Waals surface area contributed by atoms with E-state index in [1.807, 2.05) is 41.1 Å². The number of pyridine rings is 1. The summed E-state index contributed by atoms with van der Waals surface area (Å²) >= 11 is 0. The number of hydrogen-bond donors (Lipinski definition) is 1. The second-order valence-electron chi connectivity index (χ2n) is 11.3. The minimum absolute atomic E-state index is 0.111. The zero-order valence-electron chi connectivity index (χ0n) is 22.3. The number of aromatic nitrogens is 7. The van der Waals surface area contributed by atoms with Crippen molar-refractivity contribution in [1.29, 1.82) is 0 Å². The summed E-state index contributed by atoms with van der Waals surface area (Å²) in [4.78, 5) is 18.5. The third-order valence-corrected chi connectivity index (χ3v) is 7.79. The molecule has 8 heteroatoms. The highest BCUT2D eigenvalue weighted by atomic mass is 16.1. The molecule has 0 saturated heterocycles. The summed E-state index contributed by atoms with van der Waals surface area (Å²) in [5.41, 5.74) is 5.12. The van der Waals surface area contributed by atoms with Crippen molar-refractivity contribution in [2.24, 2.45) is 11.3 Å². The Hall–Kier alpha value is -3.55. The molecule has 0 amide bonds. The number of hydrogen-bond acceptors (Lipinski definition) is 5. The average Bonchev–Trinajstić information content (AvgIpc) is 3.65. The first-order valence-corrected chi connectivity index (χ1v) is 13.5. The van der Waals surface area contributed by atoms with E-state index in [0.717, 1.165) is 53.8 Å². The zero-order chi connectivity index (χ0) is 26.0. The van der Waals surface area contributed by atoms with Gasteiger partial charge in [-0.05, 0) is 59.1 Å². The van der Waals surface area contributed by atoms with Gasteiger partial charge in [0.15, 0.2) is 5.82 Å². The van der Waals surface area contributed by atoms with Gasteiger partial charge in [0.25, 0.3) is 0 Å². The van der Waals surface area contributed by atoms with Crippen LogP contribution in [-0.4, -0.2) is 34.7 Å². The monoisotopic (exact) mass is 499 g/mol. The SMILES string of the molecule is CCCCc1cn(C2CCCC2C(C)(C)C)c(=O)n1Cc1ccc(-c2ccccc2-c2nnn[nH]2)nc1. The molecule has 0 radical (unpaired) electrons. The molecule has 194 valence electrons. The molecule has 2 atom stereocenters. The highest BCUT2D eigenvalue weighted by Crippen LogP contribution is 2.45. The predicted molar refractivity (Wildman–Crippen MR) is 145 cm³/mol. The van der Waals surface area contributed by atoms with E-state index in [2.05, 4.69) is 65.1 Å². The van der Waals surface area contributed by atoms with E-state index < -0.39 is 0 Å². The van der Waals surface area contributed by atoms with Crippen molar-refractivity contribution in [1.82, 2.24) is 34.7 Å². The van der Waals surface area contributed by atoms with E-state index in [-0.39, 0.29) is 17.1 Å². The van der Waals surface area contributed by atoms with Gasteiger partial charge in [-0.15, -0.1) is 5.10 Å². The van der Waals surface area contributed by atoms with Crippen LogP contribution in [0.5, 0.6) is 0 Å². The van der Waals surface area contributed by atoms with Crippen LogP contribution in [0.15, 0.2) is 53.6 Å². The van der Waals surface area contributed by atoms with Crippen molar-refractivity contribution in [2.45, 2.75) is 78.8 Å². The van der Waals surface area contributed by atoms with Crippen LogP contribution in [0.1, 0.15) is 77.1 Å². The highest BCUT2D eigenvalue weighted by Gasteiger charge is 2.38. The van der Waals surface area contributed by atoms with E-state index in [1.165, 1.54) is 12.8 Å². The molecule has 3 heterocycles. The summed E-state index contributed by atoms with van der Waals surface area (Å²) in [6.45, 7) is 9.64. The lowest BCUT2D eigenvalue weighted by molar-refractivity contribution is 0.185. The maximum absolute atomic E-state index is 13.8.